The fraction of sp³-hybridized carbons (Fsp3) is 0.588. The second kappa shape index (κ2) is 6.26. The van der Waals surface area contributed by atoms with E-state index in [0.29, 0.717) is 12.8 Å². The Morgan fingerprint density at radius 3 is 2.65 bits per heavy atom. The van der Waals surface area contributed by atoms with Gasteiger partial charge < -0.3 is 20.9 Å². The number of carboxylic acid groups (broad SMARTS) is 1. The predicted molar refractivity (Wildman–Crippen MR) is 88.0 cm³/mol. The molecule has 6 heteroatoms. The van der Waals surface area contributed by atoms with Gasteiger partial charge in [0.1, 0.15) is 0 Å². The molecule has 23 heavy (non-hydrogen) atoms. The normalized spacial score (nSPS) is 24.8. The highest BCUT2D eigenvalue weighted by Gasteiger charge is 2.40. The summed E-state index contributed by atoms with van der Waals surface area (Å²) < 4.78 is 0. The van der Waals surface area contributed by atoms with Crippen LogP contribution in [0.1, 0.15) is 54.7 Å². The van der Waals surface area contributed by atoms with E-state index >= 15 is 0 Å². The summed E-state index contributed by atoms with van der Waals surface area (Å²) >= 11 is 0. The molecular formula is C17H24BNO4. The van der Waals surface area contributed by atoms with E-state index in [2.05, 4.69) is 6.07 Å². The fourth-order valence-corrected chi connectivity index (χ4v) is 4.05. The minimum absolute atomic E-state index is 0.0200. The van der Waals surface area contributed by atoms with E-state index in [4.69, 9.17) is 15.8 Å². The van der Waals surface area contributed by atoms with Crippen molar-refractivity contribution in [2.24, 2.45) is 11.7 Å². The molecule has 0 heterocycles. The van der Waals surface area contributed by atoms with Gasteiger partial charge in [-0.05, 0) is 61.0 Å². The van der Waals surface area contributed by atoms with Crippen molar-refractivity contribution in [3.05, 3.63) is 34.9 Å². The maximum Gasteiger partial charge on any atom is 0.451 e. The Balaban J connectivity index is 1.80. The molecule has 124 valence electrons. The second-order valence-corrected chi connectivity index (χ2v) is 7.11. The smallest absolute Gasteiger partial charge is 0.451 e. The van der Waals surface area contributed by atoms with Crippen LogP contribution in [0.2, 0.25) is 6.32 Å². The quantitative estimate of drug-likeness (QED) is 0.597. The van der Waals surface area contributed by atoms with Gasteiger partial charge in [-0.2, -0.15) is 0 Å². The predicted octanol–water partition coefficient (Wildman–Crippen LogP) is 1.62. The zero-order chi connectivity index (χ0) is 16.6. The minimum Gasteiger partial charge on any atom is -0.481 e. The molecule has 2 atom stereocenters. The van der Waals surface area contributed by atoms with Crippen LogP contribution in [0.4, 0.5) is 0 Å². The Labute approximate surface area is 136 Å². The topological polar surface area (TPSA) is 104 Å². The molecule has 5 N–H and O–H groups in total. The summed E-state index contributed by atoms with van der Waals surface area (Å²) in [5.74, 6) is -1.29. The number of benzene rings is 1. The van der Waals surface area contributed by atoms with Gasteiger partial charge in [-0.25, -0.2) is 0 Å². The number of carboxylic acids is 1. The van der Waals surface area contributed by atoms with E-state index in [-0.39, 0.29) is 17.8 Å². The average Bonchev–Trinajstić information content (AvgIpc) is 2.81. The molecule has 0 radical (unpaired) electrons. The summed E-state index contributed by atoms with van der Waals surface area (Å²) in [4.78, 5) is 11.8. The van der Waals surface area contributed by atoms with Crippen LogP contribution in [0.15, 0.2) is 18.2 Å². The van der Waals surface area contributed by atoms with Crippen LogP contribution >= 0.6 is 0 Å². The molecule has 0 aliphatic heterocycles. The van der Waals surface area contributed by atoms with Gasteiger partial charge in [0.05, 0.1) is 5.92 Å². The Hall–Kier alpha value is -1.37. The highest BCUT2D eigenvalue weighted by atomic mass is 16.4. The van der Waals surface area contributed by atoms with E-state index in [1.54, 1.807) is 0 Å². The van der Waals surface area contributed by atoms with E-state index in [1.807, 2.05) is 12.1 Å². The van der Waals surface area contributed by atoms with Crippen molar-refractivity contribution in [1.29, 1.82) is 0 Å². The summed E-state index contributed by atoms with van der Waals surface area (Å²) in [7, 11) is -1.32. The van der Waals surface area contributed by atoms with Crippen LogP contribution in [0, 0.1) is 5.92 Å². The molecule has 3 rings (SSSR count). The lowest BCUT2D eigenvalue weighted by atomic mass is 9.72. The Kier molecular flexibility index (Phi) is 4.49. The van der Waals surface area contributed by atoms with Gasteiger partial charge in [0.15, 0.2) is 0 Å². The largest absolute Gasteiger partial charge is 0.481 e. The number of aliphatic carboxylic acids is 1. The third-order valence-corrected chi connectivity index (χ3v) is 5.56. The fourth-order valence-electron chi connectivity index (χ4n) is 4.05. The maximum atomic E-state index is 11.8. The van der Waals surface area contributed by atoms with Crippen molar-refractivity contribution >= 4 is 13.1 Å². The molecular weight excluding hydrogens is 293 g/mol. The van der Waals surface area contributed by atoms with Crippen LogP contribution in [0.3, 0.4) is 0 Å². The number of carbonyl (C=O) groups is 1. The van der Waals surface area contributed by atoms with Gasteiger partial charge in [-0.3, -0.25) is 4.79 Å². The molecule has 2 aliphatic carbocycles. The van der Waals surface area contributed by atoms with Crippen LogP contribution < -0.4 is 5.73 Å². The summed E-state index contributed by atoms with van der Waals surface area (Å²) in [5.41, 5.74) is 9.16. The molecule has 0 amide bonds. The molecule has 1 aromatic carbocycles. The Morgan fingerprint density at radius 2 is 2.09 bits per heavy atom. The van der Waals surface area contributed by atoms with E-state index in [1.165, 1.54) is 0 Å². The third kappa shape index (κ3) is 3.16. The summed E-state index contributed by atoms with van der Waals surface area (Å²) in [6.45, 7) is 0. The lowest BCUT2D eigenvalue weighted by Gasteiger charge is -2.39. The van der Waals surface area contributed by atoms with E-state index < -0.39 is 19.0 Å². The number of nitrogens with two attached hydrogens (primary N) is 1. The minimum atomic E-state index is -1.32. The first-order valence-corrected chi connectivity index (χ1v) is 8.42. The molecule has 0 unspecified atom stereocenters. The molecule has 0 aromatic heterocycles. The van der Waals surface area contributed by atoms with Crippen molar-refractivity contribution in [3.8, 4) is 0 Å². The first kappa shape index (κ1) is 16.5. The Bertz CT molecular complexity index is 600. The molecule has 1 aromatic rings. The van der Waals surface area contributed by atoms with E-state index in [0.717, 1.165) is 42.4 Å². The Morgan fingerprint density at radius 1 is 1.35 bits per heavy atom. The number of hydrogen-bond donors (Lipinski definition) is 4. The molecule has 2 aliphatic rings. The van der Waals surface area contributed by atoms with Crippen molar-refractivity contribution in [3.63, 3.8) is 0 Å². The number of rotatable bonds is 6. The molecule has 5 nitrogen and oxygen atoms in total. The highest BCUT2D eigenvalue weighted by molar-refractivity contribution is 6.40. The average molecular weight is 317 g/mol. The molecule has 0 spiro atoms. The van der Waals surface area contributed by atoms with Crippen molar-refractivity contribution in [2.75, 3.05) is 0 Å². The van der Waals surface area contributed by atoms with Gasteiger partial charge in [0, 0.05) is 5.54 Å². The maximum absolute atomic E-state index is 11.8. The van der Waals surface area contributed by atoms with Gasteiger partial charge >= 0.3 is 13.1 Å². The third-order valence-electron chi connectivity index (χ3n) is 5.56. The van der Waals surface area contributed by atoms with Crippen LogP contribution in [0.5, 0.6) is 0 Å². The lowest BCUT2D eigenvalue weighted by Crippen LogP contribution is -2.43. The van der Waals surface area contributed by atoms with Crippen LogP contribution in [-0.4, -0.2) is 28.2 Å². The summed E-state index contributed by atoms with van der Waals surface area (Å²) in [6, 6.07) is 6.10. The second-order valence-electron chi connectivity index (χ2n) is 7.11. The van der Waals surface area contributed by atoms with Crippen LogP contribution in [0.25, 0.3) is 0 Å². The molecule has 1 saturated carbocycles. The van der Waals surface area contributed by atoms with Gasteiger partial charge in [0.25, 0.3) is 0 Å². The van der Waals surface area contributed by atoms with Crippen molar-refractivity contribution in [2.45, 2.75) is 56.3 Å². The van der Waals surface area contributed by atoms with Gasteiger partial charge in [-0.15, -0.1) is 0 Å². The summed E-state index contributed by atoms with van der Waals surface area (Å²) in [6.07, 6.45) is 5.38. The SMILES string of the molecule is NC1(c2ccc3c(c2)[C@@H](C(=O)O)[C@@H](CCCB(O)O)C3)CCC1. The zero-order valence-electron chi connectivity index (χ0n) is 13.2. The van der Waals surface area contributed by atoms with Crippen molar-refractivity contribution < 1.29 is 19.9 Å². The van der Waals surface area contributed by atoms with Gasteiger partial charge in [0.2, 0.25) is 0 Å². The number of hydrogen-bond acceptors (Lipinski definition) is 4. The summed E-state index contributed by atoms with van der Waals surface area (Å²) in [5, 5.41) is 27.6. The monoisotopic (exact) mass is 317 g/mol. The van der Waals surface area contributed by atoms with E-state index in [9.17, 15) is 9.90 Å². The molecule has 0 saturated heterocycles. The lowest BCUT2D eigenvalue weighted by molar-refractivity contribution is -0.139. The molecule has 0 bridgehead atoms. The first-order valence-electron chi connectivity index (χ1n) is 8.42. The highest BCUT2D eigenvalue weighted by Crippen LogP contribution is 2.45. The first-order chi connectivity index (χ1) is 10.9. The van der Waals surface area contributed by atoms with Crippen LogP contribution in [-0.2, 0) is 16.8 Å². The van der Waals surface area contributed by atoms with Crippen molar-refractivity contribution in [1.82, 2.24) is 0 Å². The van der Waals surface area contributed by atoms with Gasteiger partial charge in [-0.1, -0.05) is 24.6 Å². The number of fused-ring (bicyclic) bond motifs is 1. The molecule has 1 fully saturated rings. The standard InChI is InChI=1S/C17H24BNO4/c19-17(6-2-7-17)13-5-4-11-9-12(3-1-8-18(22)23)15(16(20)21)14(11)10-13/h4-5,10,12,15,22-23H,1-3,6-9,19H2,(H,20,21)/t12-,15-/m0/s1. The zero-order valence-corrected chi connectivity index (χ0v) is 13.2.